The molecule has 17 heavy (non-hydrogen) atoms. The molecule has 0 radical (unpaired) electrons. The molecule has 0 aliphatic heterocycles. The zero-order chi connectivity index (χ0) is 12.9. The molecule has 0 unspecified atom stereocenters. The van der Waals surface area contributed by atoms with Gasteiger partial charge in [-0.25, -0.2) is 0 Å². The zero-order valence-electron chi connectivity index (χ0n) is 9.04. The minimum Gasteiger partial charge on any atom is -0.394 e. The lowest BCUT2D eigenvalue weighted by Gasteiger charge is -2.29. The zero-order valence-corrected chi connectivity index (χ0v) is 9.04. The van der Waals surface area contributed by atoms with Crippen molar-refractivity contribution in [1.82, 2.24) is 0 Å². The molecule has 0 bridgehead atoms. The number of anilines is 1. The summed E-state index contributed by atoms with van der Waals surface area (Å²) in [6.07, 6.45) is 0. The summed E-state index contributed by atoms with van der Waals surface area (Å²) in [6.45, 7) is -1.65. The lowest BCUT2D eigenvalue weighted by molar-refractivity contribution is -0.384. The van der Waals surface area contributed by atoms with Gasteiger partial charge in [0.1, 0.15) is 11.2 Å². The molecule has 4 N–H and O–H groups in total. The highest BCUT2D eigenvalue weighted by Crippen LogP contribution is 2.26. The van der Waals surface area contributed by atoms with Crippen LogP contribution in [-0.2, 0) is 0 Å². The second-order valence-corrected chi connectivity index (χ2v) is 3.65. The van der Waals surface area contributed by atoms with Gasteiger partial charge in [-0.1, -0.05) is 12.1 Å². The number of benzene rings is 1. The minimum absolute atomic E-state index is 0.134. The molecular formula is C10H14N2O5. The maximum atomic E-state index is 10.8. The van der Waals surface area contributed by atoms with Crippen molar-refractivity contribution in [1.29, 1.82) is 0 Å². The quantitative estimate of drug-likeness (QED) is 0.403. The molecule has 0 amide bonds. The molecule has 7 heteroatoms. The van der Waals surface area contributed by atoms with Gasteiger partial charge in [0.2, 0.25) is 0 Å². The highest BCUT2D eigenvalue weighted by atomic mass is 16.6. The molecule has 0 aliphatic rings. The van der Waals surface area contributed by atoms with Crippen LogP contribution in [0.25, 0.3) is 0 Å². The monoisotopic (exact) mass is 242 g/mol. The predicted molar refractivity (Wildman–Crippen MR) is 60.7 cm³/mol. The summed E-state index contributed by atoms with van der Waals surface area (Å²) in [6, 6.07) is 5.81. The first-order chi connectivity index (χ1) is 8.08. The predicted octanol–water partition coefficient (Wildman–Crippen LogP) is -0.278. The summed E-state index contributed by atoms with van der Waals surface area (Å²) in [4.78, 5) is 10.2. The molecule has 0 atom stereocenters. The van der Waals surface area contributed by atoms with Gasteiger partial charge in [0, 0.05) is 6.07 Å². The average molecular weight is 242 g/mol. The van der Waals surface area contributed by atoms with Crippen molar-refractivity contribution in [2.75, 3.05) is 25.1 Å². The molecule has 0 aromatic heterocycles. The van der Waals surface area contributed by atoms with E-state index in [2.05, 4.69) is 5.32 Å². The Morgan fingerprint density at radius 2 is 1.71 bits per heavy atom. The van der Waals surface area contributed by atoms with Crippen molar-refractivity contribution < 1.29 is 20.2 Å². The Bertz CT molecular complexity index is 384. The van der Waals surface area contributed by atoms with Crippen LogP contribution in [0.4, 0.5) is 11.4 Å². The van der Waals surface area contributed by atoms with Crippen LogP contribution in [0.5, 0.6) is 0 Å². The second-order valence-electron chi connectivity index (χ2n) is 3.65. The van der Waals surface area contributed by atoms with Crippen LogP contribution in [0, 0.1) is 10.1 Å². The number of aliphatic hydroxyl groups is 3. The van der Waals surface area contributed by atoms with Crippen LogP contribution in [0.2, 0.25) is 0 Å². The number of nitro benzene ring substituents is 1. The first kappa shape index (κ1) is 13.4. The third-order valence-electron chi connectivity index (χ3n) is 2.41. The van der Waals surface area contributed by atoms with E-state index in [-0.39, 0.29) is 11.4 Å². The number of para-hydroxylation sites is 2. The van der Waals surface area contributed by atoms with Gasteiger partial charge in [-0.3, -0.25) is 10.1 Å². The summed E-state index contributed by atoms with van der Waals surface area (Å²) >= 11 is 0. The molecule has 0 spiro atoms. The number of rotatable bonds is 6. The summed E-state index contributed by atoms with van der Waals surface area (Å²) in [5.74, 6) is 0. The van der Waals surface area contributed by atoms with E-state index in [9.17, 15) is 10.1 Å². The lowest BCUT2D eigenvalue weighted by Crippen LogP contribution is -2.49. The van der Waals surface area contributed by atoms with Crippen molar-refractivity contribution in [2.45, 2.75) is 5.54 Å². The minimum atomic E-state index is -1.38. The number of hydrogen-bond donors (Lipinski definition) is 4. The molecular weight excluding hydrogens is 228 g/mol. The summed E-state index contributed by atoms with van der Waals surface area (Å²) in [5.41, 5.74) is -1.44. The van der Waals surface area contributed by atoms with Crippen LogP contribution >= 0.6 is 0 Å². The Morgan fingerprint density at radius 1 is 1.18 bits per heavy atom. The SMILES string of the molecule is O=[N+]([O-])c1ccccc1NC(CO)(CO)CO. The molecule has 0 fully saturated rings. The van der Waals surface area contributed by atoms with E-state index in [1.165, 1.54) is 18.2 Å². The van der Waals surface area contributed by atoms with Gasteiger partial charge in [-0.05, 0) is 6.07 Å². The molecule has 1 aromatic rings. The molecule has 0 saturated heterocycles. The fourth-order valence-electron chi connectivity index (χ4n) is 1.29. The topological polar surface area (TPSA) is 116 Å². The number of aliphatic hydroxyl groups excluding tert-OH is 3. The van der Waals surface area contributed by atoms with Crippen molar-refractivity contribution in [2.24, 2.45) is 0 Å². The van der Waals surface area contributed by atoms with Crippen molar-refractivity contribution in [3.8, 4) is 0 Å². The van der Waals surface area contributed by atoms with Crippen LogP contribution in [0.3, 0.4) is 0 Å². The molecule has 0 heterocycles. The largest absolute Gasteiger partial charge is 0.394 e. The smallest absolute Gasteiger partial charge is 0.292 e. The van der Waals surface area contributed by atoms with Gasteiger partial charge in [0.05, 0.1) is 24.7 Å². The summed E-state index contributed by atoms with van der Waals surface area (Å²) in [5, 5.41) is 40.7. The van der Waals surface area contributed by atoms with E-state index in [0.29, 0.717) is 0 Å². The van der Waals surface area contributed by atoms with E-state index >= 15 is 0 Å². The number of nitro groups is 1. The lowest BCUT2D eigenvalue weighted by atomic mass is 10.0. The first-order valence-corrected chi connectivity index (χ1v) is 4.93. The number of hydrogen-bond acceptors (Lipinski definition) is 6. The maximum absolute atomic E-state index is 10.8. The third kappa shape index (κ3) is 2.90. The summed E-state index contributed by atoms with van der Waals surface area (Å²) in [7, 11) is 0. The Morgan fingerprint density at radius 3 is 2.18 bits per heavy atom. The highest BCUT2D eigenvalue weighted by molar-refractivity contribution is 5.62. The second kappa shape index (κ2) is 5.58. The van der Waals surface area contributed by atoms with Crippen LogP contribution in [0.15, 0.2) is 24.3 Å². The summed E-state index contributed by atoms with van der Waals surface area (Å²) < 4.78 is 0. The Labute approximate surface area is 97.5 Å². The van der Waals surface area contributed by atoms with Crippen LogP contribution in [-0.4, -0.2) is 45.6 Å². The Balaban J connectivity index is 3.05. The Hall–Kier alpha value is -1.70. The Kier molecular flexibility index (Phi) is 4.38. The molecule has 0 saturated carbocycles. The first-order valence-electron chi connectivity index (χ1n) is 4.93. The maximum Gasteiger partial charge on any atom is 0.292 e. The molecule has 7 nitrogen and oxygen atoms in total. The van der Waals surface area contributed by atoms with Gasteiger partial charge in [0.15, 0.2) is 0 Å². The van der Waals surface area contributed by atoms with Gasteiger partial charge < -0.3 is 20.6 Å². The number of nitrogens with one attached hydrogen (secondary N) is 1. The average Bonchev–Trinajstić information content (AvgIpc) is 2.36. The molecule has 94 valence electrons. The molecule has 1 aromatic carbocycles. The molecule has 1 rings (SSSR count). The fourth-order valence-corrected chi connectivity index (χ4v) is 1.29. The number of nitrogens with zero attached hydrogens (tertiary/aromatic N) is 1. The highest BCUT2D eigenvalue weighted by Gasteiger charge is 2.30. The molecule has 0 aliphatic carbocycles. The third-order valence-corrected chi connectivity index (χ3v) is 2.41. The van der Waals surface area contributed by atoms with Gasteiger partial charge in [-0.2, -0.15) is 0 Å². The van der Waals surface area contributed by atoms with Gasteiger partial charge >= 0.3 is 0 Å². The van der Waals surface area contributed by atoms with Crippen molar-refractivity contribution in [3.63, 3.8) is 0 Å². The van der Waals surface area contributed by atoms with Gasteiger partial charge in [0.25, 0.3) is 5.69 Å². The van der Waals surface area contributed by atoms with E-state index in [4.69, 9.17) is 15.3 Å². The normalized spacial score (nSPS) is 11.2. The van der Waals surface area contributed by atoms with Crippen molar-refractivity contribution >= 4 is 11.4 Å². The van der Waals surface area contributed by atoms with Gasteiger partial charge in [-0.15, -0.1) is 0 Å². The van der Waals surface area contributed by atoms with Crippen molar-refractivity contribution in [3.05, 3.63) is 34.4 Å². The van der Waals surface area contributed by atoms with E-state index in [0.717, 1.165) is 0 Å². The van der Waals surface area contributed by atoms with E-state index in [1.807, 2.05) is 0 Å². The fraction of sp³-hybridized carbons (Fsp3) is 0.400. The van der Waals surface area contributed by atoms with Crippen LogP contribution in [0.1, 0.15) is 0 Å². The standard InChI is InChI=1S/C10H14N2O5/c13-5-10(6-14,7-15)11-8-3-1-2-4-9(8)12(16)17/h1-4,11,13-15H,5-7H2. The van der Waals surface area contributed by atoms with Crippen LogP contribution < -0.4 is 5.32 Å². The van der Waals surface area contributed by atoms with E-state index in [1.54, 1.807) is 6.07 Å². The van der Waals surface area contributed by atoms with E-state index < -0.39 is 30.3 Å².